The van der Waals surface area contributed by atoms with Crippen molar-refractivity contribution >= 4 is 23.4 Å². The van der Waals surface area contributed by atoms with E-state index in [4.69, 9.17) is 5.73 Å². The molecule has 1 aromatic heterocycles. The second-order valence-electron chi connectivity index (χ2n) is 5.18. The second-order valence-corrected chi connectivity index (χ2v) is 6.12. The van der Waals surface area contributed by atoms with Crippen LogP contribution in [0.3, 0.4) is 0 Å². The van der Waals surface area contributed by atoms with Gasteiger partial charge in [0.15, 0.2) is 11.0 Å². The predicted octanol–water partition coefficient (Wildman–Crippen LogP) is 2.55. The number of rotatable bonds is 9. The Labute approximate surface area is 146 Å². The molecule has 7 heteroatoms. The number of allylic oxidation sites excluding steroid dienone is 1. The number of hydrogen-bond donors (Lipinski definition) is 1. The molecule has 0 saturated heterocycles. The van der Waals surface area contributed by atoms with Gasteiger partial charge in [-0.05, 0) is 38.1 Å². The van der Waals surface area contributed by atoms with Crippen LogP contribution in [0.5, 0.6) is 0 Å². The number of amides is 1. The number of primary amides is 1. The van der Waals surface area contributed by atoms with Gasteiger partial charge in [-0.2, -0.15) is 0 Å². The highest BCUT2D eigenvalue weighted by Crippen LogP contribution is 2.26. The fourth-order valence-electron chi connectivity index (χ4n) is 2.45. The zero-order valence-corrected chi connectivity index (χ0v) is 14.9. The van der Waals surface area contributed by atoms with E-state index in [2.05, 4.69) is 47.7 Å². The summed E-state index contributed by atoms with van der Waals surface area (Å²) in [5.41, 5.74) is 7.37. The number of thioether (sulfide) groups is 1. The van der Waals surface area contributed by atoms with Gasteiger partial charge in [-0.15, -0.1) is 16.8 Å². The molecule has 0 bridgehead atoms. The third kappa shape index (κ3) is 4.17. The third-order valence-corrected chi connectivity index (χ3v) is 4.62. The van der Waals surface area contributed by atoms with Gasteiger partial charge in [-0.25, -0.2) is 0 Å². The molecule has 1 amide bonds. The number of hydrogen-bond acceptors (Lipinski definition) is 5. The molecule has 2 N–H and O–H groups in total. The molecule has 2 aromatic rings. The van der Waals surface area contributed by atoms with Crippen molar-refractivity contribution in [3.63, 3.8) is 0 Å². The number of nitrogens with two attached hydrogens (primary N) is 1. The van der Waals surface area contributed by atoms with Crippen molar-refractivity contribution in [3.8, 4) is 11.4 Å². The van der Waals surface area contributed by atoms with Crippen LogP contribution in [-0.4, -0.2) is 39.5 Å². The molecule has 0 radical (unpaired) electrons. The van der Waals surface area contributed by atoms with Crippen molar-refractivity contribution in [2.75, 3.05) is 23.7 Å². The van der Waals surface area contributed by atoms with Gasteiger partial charge in [-0.3, -0.25) is 9.36 Å². The van der Waals surface area contributed by atoms with Crippen LogP contribution in [0.15, 0.2) is 42.1 Å². The standard InChI is InChI=1S/C17H23N5OS/c1-4-11-22-16(19-20-17(22)24-12-15(18)23)13-7-9-14(10-8-13)21(5-2)6-3/h4,7-10H,1,5-6,11-12H2,2-3H3,(H2,18,23). The normalized spacial score (nSPS) is 10.6. The first-order chi connectivity index (χ1) is 11.6. The minimum atomic E-state index is -0.377. The summed E-state index contributed by atoms with van der Waals surface area (Å²) in [6.45, 7) is 10.6. The molecule has 24 heavy (non-hydrogen) atoms. The topological polar surface area (TPSA) is 77.0 Å². The number of carbonyl (C=O) groups excluding carboxylic acids is 1. The molecule has 6 nitrogen and oxygen atoms in total. The Kier molecular flexibility index (Phi) is 6.43. The quantitative estimate of drug-likeness (QED) is 0.558. The Morgan fingerprint density at radius 1 is 1.29 bits per heavy atom. The van der Waals surface area contributed by atoms with Crippen LogP contribution in [0.2, 0.25) is 0 Å². The molecule has 0 unspecified atom stereocenters. The zero-order valence-electron chi connectivity index (χ0n) is 14.1. The van der Waals surface area contributed by atoms with Gasteiger partial charge >= 0.3 is 0 Å². The SMILES string of the molecule is C=CCn1c(SCC(N)=O)nnc1-c1ccc(N(CC)CC)cc1. The van der Waals surface area contributed by atoms with Gasteiger partial charge in [0.25, 0.3) is 0 Å². The highest BCUT2D eigenvalue weighted by Gasteiger charge is 2.14. The summed E-state index contributed by atoms with van der Waals surface area (Å²) in [5.74, 6) is 0.558. The Morgan fingerprint density at radius 3 is 2.50 bits per heavy atom. The lowest BCUT2D eigenvalue weighted by molar-refractivity contribution is -0.115. The first kappa shape index (κ1) is 18.1. The van der Waals surface area contributed by atoms with E-state index < -0.39 is 0 Å². The van der Waals surface area contributed by atoms with E-state index in [1.165, 1.54) is 17.4 Å². The predicted molar refractivity (Wildman–Crippen MR) is 99.1 cm³/mol. The van der Waals surface area contributed by atoms with Crippen LogP contribution in [0, 0.1) is 0 Å². The van der Waals surface area contributed by atoms with Crippen LogP contribution < -0.4 is 10.6 Å². The molecular weight excluding hydrogens is 322 g/mol. The largest absolute Gasteiger partial charge is 0.372 e. The van der Waals surface area contributed by atoms with Crippen molar-refractivity contribution in [1.29, 1.82) is 0 Å². The highest BCUT2D eigenvalue weighted by molar-refractivity contribution is 7.99. The summed E-state index contributed by atoms with van der Waals surface area (Å²) in [5, 5.41) is 9.12. The number of benzene rings is 1. The monoisotopic (exact) mass is 345 g/mol. The first-order valence-electron chi connectivity index (χ1n) is 7.91. The van der Waals surface area contributed by atoms with E-state index in [9.17, 15) is 4.79 Å². The molecule has 0 saturated carbocycles. The lowest BCUT2D eigenvalue weighted by Gasteiger charge is -2.21. The molecule has 128 valence electrons. The number of nitrogens with zero attached hydrogens (tertiary/aromatic N) is 4. The van der Waals surface area contributed by atoms with E-state index >= 15 is 0 Å². The van der Waals surface area contributed by atoms with Crippen molar-refractivity contribution in [2.24, 2.45) is 5.73 Å². The van der Waals surface area contributed by atoms with Crippen LogP contribution in [-0.2, 0) is 11.3 Å². The van der Waals surface area contributed by atoms with Crippen LogP contribution in [0.4, 0.5) is 5.69 Å². The summed E-state index contributed by atoms with van der Waals surface area (Å²) in [6.07, 6.45) is 1.78. The average molecular weight is 345 g/mol. The molecule has 0 aliphatic rings. The van der Waals surface area contributed by atoms with E-state index in [1.807, 2.05) is 16.7 Å². The number of anilines is 1. The van der Waals surface area contributed by atoms with Gasteiger partial charge in [0.05, 0.1) is 5.75 Å². The summed E-state index contributed by atoms with van der Waals surface area (Å²) in [7, 11) is 0. The first-order valence-corrected chi connectivity index (χ1v) is 8.89. The second kappa shape index (κ2) is 8.54. The average Bonchev–Trinajstić information content (AvgIpc) is 2.98. The Morgan fingerprint density at radius 2 is 1.96 bits per heavy atom. The van der Waals surface area contributed by atoms with Crippen LogP contribution >= 0.6 is 11.8 Å². The van der Waals surface area contributed by atoms with Crippen LogP contribution in [0.1, 0.15) is 13.8 Å². The molecule has 0 spiro atoms. The molecule has 0 atom stereocenters. The Hall–Kier alpha value is -2.28. The lowest BCUT2D eigenvalue weighted by Crippen LogP contribution is -2.21. The maximum Gasteiger partial charge on any atom is 0.227 e. The minimum Gasteiger partial charge on any atom is -0.372 e. The molecule has 0 fully saturated rings. The number of carbonyl (C=O) groups is 1. The zero-order chi connectivity index (χ0) is 17.5. The van der Waals surface area contributed by atoms with Crippen molar-refractivity contribution < 1.29 is 4.79 Å². The molecule has 1 heterocycles. The van der Waals surface area contributed by atoms with E-state index in [0.717, 1.165) is 24.5 Å². The van der Waals surface area contributed by atoms with Gasteiger partial charge in [0, 0.05) is 30.9 Å². The fraction of sp³-hybridized carbons (Fsp3) is 0.353. The van der Waals surface area contributed by atoms with Gasteiger partial charge < -0.3 is 10.6 Å². The van der Waals surface area contributed by atoms with E-state index in [-0.39, 0.29) is 11.7 Å². The maximum absolute atomic E-state index is 11.0. The van der Waals surface area contributed by atoms with Gasteiger partial charge in [0.1, 0.15) is 0 Å². The Balaban J connectivity index is 2.30. The van der Waals surface area contributed by atoms with Gasteiger partial charge in [0.2, 0.25) is 5.91 Å². The molecule has 2 rings (SSSR count). The maximum atomic E-state index is 11.0. The number of aromatic nitrogens is 3. The smallest absolute Gasteiger partial charge is 0.227 e. The van der Waals surface area contributed by atoms with Crippen molar-refractivity contribution in [2.45, 2.75) is 25.5 Å². The highest BCUT2D eigenvalue weighted by atomic mass is 32.2. The van der Waals surface area contributed by atoms with Crippen LogP contribution in [0.25, 0.3) is 11.4 Å². The molecule has 1 aromatic carbocycles. The minimum absolute atomic E-state index is 0.177. The van der Waals surface area contributed by atoms with E-state index in [1.54, 1.807) is 6.08 Å². The Bertz CT molecular complexity index is 692. The van der Waals surface area contributed by atoms with Crippen molar-refractivity contribution in [3.05, 3.63) is 36.9 Å². The fourth-order valence-corrected chi connectivity index (χ4v) is 3.14. The summed E-state index contributed by atoms with van der Waals surface area (Å²) >= 11 is 1.28. The van der Waals surface area contributed by atoms with Crippen molar-refractivity contribution in [1.82, 2.24) is 14.8 Å². The summed E-state index contributed by atoms with van der Waals surface area (Å²) in [6, 6.07) is 8.26. The molecular formula is C17H23N5OS. The molecule has 0 aliphatic carbocycles. The lowest BCUT2D eigenvalue weighted by atomic mass is 10.2. The summed E-state index contributed by atoms with van der Waals surface area (Å²) in [4.78, 5) is 13.3. The third-order valence-electron chi connectivity index (χ3n) is 3.63. The summed E-state index contributed by atoms with van der Waals surface area (Å²) < 4.78 is 1.94. The van der Waals surface area contributed by atoms with E-state index in [0.29, 0.717) is 11.7 Å². The van der Waals surface area contributed by atoms with Gasteiger partial charge in [-0.1, -0.05) is 17.8 Å². The molecule has 0 aliphatic heterocycles.